The number of hydrogen-bond acceptors (Lipinski definition) is 5. The fraction of sp³-hybridized carbons (Fsp3) is 0.562. The van der Waals surface area contributed by atoms with Gasteiger partial charge in [-0.25, -0.2) is 9.67 Å². The quantitative estimate of drug-likeness (QED) is 0.910. The Morgan fingerprint density at radius 1 is 1.05 bits per heavy atom. The lowest BCUT2D eigenvalue weighted by Gasteiger charge is -2.26. The van der Waals surface area contributed by atoms with E-state index in [0.717, 1.165) is 48.6 Å². The minimum absolute atomic E-state index is 0.143. The van der Waals surface area contributed by atoms with E-state index in [2.05, 4.69) is 20.4 Å². The standard InChI is InChI=1S/C16H23N5O/c1-10-9-15(18-13-4-6-14(22)7-5-13)19-16(17-10)21-12(3)8-11(2)20-21/h8-9,13-14,22H,4-7H2,1-3H3,(H,17,18,19). The third kappa shape index (κ3) is 3.27. The molecule has 1 aliphatic rings. The smallest absolute Gasteiger partial charge is 0.252 e. The minimum atomic E-state index is -0.143. The number of aliphatic hydroxyl groups excluding tert-OH is 1. The molecule has 0 amide bonds. The van der Waals surface area contributed by atoms with Crippen molar-refractivity contribution in [1.29, 1.82) is 0 Å². The number of nitrogens with zero attached hydrogens (tertiary/aromatic N) is 4. The Morgan fingerprint density at radius 3 is 2.41 bits per heavy atom. The van der Waals surface area contributed by atoms with Gasteiger partial charge < -0.3 is 10.4 Å². The van der Waals surface area contributed by atoms with Crippen LogP contribution in [0.15, 0.2) is 12.1 Å². The number of aryl methyl sites for hydroxylation is 3. The normalized spacial score (nSPS) is 21.8. The van der Waals surface area contributed by atoms with Crippen molar-refractivity contribution >= 4 is 5.82 Å². The van der Waals surface area contributed by atoms with E-state index >= 15 is 0 Å². The Bertz CT molecular complexity index is 659. The summed E-state index contributed by atoms with van der Waals surface area (Å²) in [5.74, 6) is 1.43. The molecular formula is C16H23N5O. The average Bonchev–Trinajstić information content (AvgIpc) is 2.80. The highest BCUT2D eigenvalue weighted by Crippen LogP contribution is 2.22. The first kappa shape index (κ1) is 15.0. The van der Waals surface area contributed by atoms with E-state index in [1.807, 2.05) is 32.9 Å². The van der Waals surface area contributed by atoms with Crippen LogP contribution in [0.25, 0.3) is 5.95 Å². The van der Waals surface area contributed by atoms with Crippen molar-refractivity contribution in [3.63, 3.8) is 0 Å². The molecule has 0 saturated heterocycles. The maximum absolute atomic E-state index is 9.60. The van der Waals surface area contributed by atoms with Crippen LogP contribution in [0.1, 0.15) is 42.8 Å². The van der Waals surface area contributed by atoms with Crippen LogP contribution >= 0.6 is 0 Å². The number of rotatable bonds is 3. The van der Waals surface area contributed by atoms with Gasteiger partial charge in [0.1, 0.15) is 5.82 Å². The molecule has 22 heavy (non-hydrogen) atoms. The molecule has 2 aromatic rings. The van der Waals surface area contributed by atoms with E-state index in [1.54, 1.807) is 4.68 Å². The van der Waals surface area contributed by atoms with Crippen LogP contribution in [-0.4, -0.2) is 37.0 Å². The lowest BCUT2D eigenvalue weighted by atomic mass is 9.93. The molecule has 0 radical (unpaired) electrons. The highest BCUT2D eigenvalue weighted by molar-refractivity contribution is 5.40. The van der Waals surface area contributed by atoms with Gasteiger partial charge in [0.05, 0.1) is 11.8 Å². The summed E-state index contributed by atoms with van der Waals surface area (Å²) in [6.07, 6.45) is 3.51. The summed E-state index contributed by atoms with van der Waals surface area (Å²) in [4.78, 5) is 9.10. The van der Waals surface area contributed by atoms with Crippen LogP contribution < -0.4 is 5.32 Å². The fourth-order valence-corrected chi connectivity index (χ4v) is 2.98. The second kappa shape index (κ2) is 6.04. The van der Waals surface area contributed by atoms with Gasteiger partial charge >= 0.3 is 0 Å². The van der Waals surface area contributed by atoms with Gasteiger partial charge in [-0.3, -0.25) is 0 Å². The van der Waals surface area contributed by atoms with Gasteiger partial charge in [0, 0.05) is 23.5 Å². The number of aliphatic hydroxyl groups is 1. The molecule has 0 bridgehead atoms. The lowest BCUT2D eigenvalue weighted by molar-refractivity contribution is 0.126. The average molecular weight is 301 g/mol. The predicted octanol–water partition coefficient (Wildman–Crippen LogP) is 2.30. The van der Waals surface area contributed by atoms with Crippen molar-refractivity contribution in [1.82, 2.24) is 19.7 Å². The molecule has 1 saturated carbocycles. The minimum Gasteiger partial charge on any atom is -0.393 e. The van der Waals surface area contributed by atoms with Gasteiger partial charge in [-0.15, -0.1) is 0 Å². The van der Waals surface area contributed by atoms with E-state index in [1.165, 1.54) is 0 Å². The monoisotopic (exact) mass is 301 g/mol. The molecule has 0 spiro atoms. The van der Waals surface area contributed by atoms with Crippen molar-refractivity contribution < 1.29 is 5.11 Å². The topological polar surface area (TPSA) is 75.9 Å². The molecule has 3 rings (SSSR count). The van der Waals surface area contributed by atoms with Crippen LogP contribution in [0.3, 0.4) is 0 Å². The van der Waals surface area contributed by atoms with Crippen molar-refractivity contribution in [2.24, 2.45) is 0 Å². The van der Waals surface area contributed by atoms with Crippen LogP contribution in [0.2, 0.25) is 0 Å². The molecule has 6 nitrogen and oxygen atoms in total. The van der Waals surface area contributed by atoms with Gasteiger partial charge in [0.15, 0.2) is 0 Å². The van der Waals surface area contributed by atoms with E-state index in [9.17, 15) is 5.11 Å². The highest BCUT2D eigenvalue weighted by Gasteiger charge is 2.20. The summed E-state index contributed by atoms with van der Waals surface area (Å²) in [5.41, 5.74) is 2.89. The first-order valence-electron chi connectivity index (χ1n) is 7.85. The van der Waals surface area contributed by atoms with Crippen molar-refractivity contribution in [3.8, 4) is 5.95 Å². The summed E-state index contributed by atoms with van der Waals surface area (Å²) in [5, 5.41) is 17.5. The van der Waals surface area contributed by atoms with E-state index < -0.39 is 0 Å². The Morgan fingerprint density at radius 2 is 1.77 bits per heavy atom. The SMILES string of the molecule is Cc1cc(NC2CCC(O)CC2)nc(-n2nc(C)cc2C)n1. The Hall–Kier alpha value is -1.95. The second-order valence-corrected chi connectivity index (χ2v) is 6.18. The number of anilines is 1. The van der Waals surface area contributed by atoms with E-state index in [-0.39, 0.29) is 6.10 Å². The van der Waals surface area contributed by atoms with Crippen molar-refractivity contribution in [2.75, 3.05) is 5.32 Å². The molecule has 118 valence electrons. The molecule has 1 fully saturated rings. The van der Waals surface area contributed by atoms with Gasteiger partial charge in [-0.2, -0.15) is 10.1 Å². The molecule has 2 heterocycles. The van der Waals surface area contributed by atoms with E-state index in [4.69, 9.17) is 0 Å². The van der Waals surface area contributed by atoms with Crippen LogP contribution in [0.5, 0.6) is 0 Å². The summed E-state index contributed by atoms with van der Waals surface area (Å²) in [6.45, 7) is 5.93. The van der Waals surface area contributed by atoms with Gasteiger partial charge in [-0.1, -0.05) is 0 Å². The first-order valence-corrected chi connectivity index (χ1v) is 7.85. The van der Waals surface area contributed by atoms with Gasteiger partial charge in [0.25, 0.3) is 5.95 Å². The zero-order valence-corrected chi connectivity index (χ0v) is 13.4. The summed E-state index contributed by atoms with van der Waals surface area (Å²) in [7, 11) is 0. The van der Waals surface area contributed by atoms with Crippen LogP contribution in [-0.2, 0) is 0 Å². The molecule has 0 aliphatic heterocycles. The maximum atomic E-state index is 9.60. The molecule has 1 aliphatic carbocycles. The first-order chi connectivity index (χ1) is 10.5. The van der Waals surface area contributed by atoms with E-state index in [0.29, 0.717) is 12.0 Å². The zero-order valence-electron chi connectivity index (χ0n) is 13.4. The largest absolute Gasteiger partial charge is 0.393 e. The second-order valence-electron chi connectivity index (χ2n) is 6.18. The molecule has 0 atom stereocenters. The summed E-state index contributed by atoms with van der Waals surface area (Å²) < 4.78 is 1.78. The number of nitrogens with one attached hydrogen (secondary N) is 1. The lowest BCUT2D eigenvalue weighted by Crippen LogP contribution is -2.28. The Labute approximate surface area is 130 Å². The van der Waals surface area contributed by atoms with Crippen LogP contribution in [0, 0.1) is 20.8 Å². The molecule has 2 aromatic heterocycles. The Balaban J connectivity index is 1.82. The van der Waals surface area contributed by atoms with Crippen molar-refractivity contribution in [3.05, 3.63) is 29.2 Å². The predicted molar refractivity (Wildman–Crippen MR) is 85.3 cm³/mol. The van der Waals surface area contributed by atoms with Gasteiger partial charge in [-0.05, 0) is 52.5 Å². The molecule has 0 aromatic carbocycles. The van der Waals surface area contributed by atoms with Gasteiger partial charge in [0.2, 0.25) is 0 Å². The molecule has 2 N–H and O–H groups in total. The highest BCUT2D eigenvalue weighted by atomic mass is 16.3. The molecular weight excluding hydrogens is 278 g/mol. The number of aromatic nitrogens is 4. The third-order valence-corrected chi connectivity index (χ3v) is 4.09. The van der Waals surface area contributed by atoms with Crippen molar-refractivity contribution in [2.45, 2.75) is 58.6 Å². The summed E-state index contributed by atoms with van der Waals surface area (Å²) in [6, 6.07) is 4.34. The fourth-order valence-electron chi connectivity index (χ4n) is 2.98. The third-order valence-electron chi connectivity index (χ3n) is 4.09. The Kier molecular flexibility index (Phi) is 4.11. The number of hydrogen-bond donors (Lipinski definition) is 2. The zero-order chi connectivity index (χ0) is 15.7. The molecule has 0 unspecified atom stereocenters. The maximum Gasteiger partial charge on any atom is 0.252 e. The van der Waals surface area contributed by atoms with Crippen LogP contribution in [0.4, 0.5) is 5.82 Å². The molecule has 6 heteroatoms. The summed E-state index contributed by atoms with van der Waals surface area (Å²) >= 11 is 0.